The maximum absolute atomic E-state index is 5.82. The molecule has 1 atom stereocenters. The van der Waals surface area contributed by atoms with Crippen LogP contribution in [0.5, 0.6) is 0 Å². The molecule has 0 aromatic carbocycles. The summed E-state index contributed by atoms with van der Waals surface area (Å²) in [6.45, 7) is 3.90. The molecule has 0 radical (unpaired) electrons. The van der Waals surface area contributed by atoms with Crippen LogP contribution in [0.3, 0.4) is 0 Å². The average Bonchev–Trinajstić information content (AvgIpc) is 2.64. The number of nitrogens with zero attached hydrogens (tertiary/aromatic N) is 3. The molecule has 0 saturated carbocycles. The lowest BCUT2D eigenvalue weighted by atomic mass is 10.1. The van der Waals surface area contributed by atoms with Gasteiger partial charge in [0.1, 0.15) is 10.0 Å². The molecule has 0 amide bonds. The molecule has 0 aliphatic carbocycles. The van der Waals surface area contributed by atoms with Crippen molar-refractivity contribution < 1.29 is 0 Å². The van der Waals surface area contributed by atoms with E-state index in [4.69, 9.17) is 5.73 Å². The Labute approximate surface area is 102 Å². The third-order valence-corrected chi connectivity index (χ3v) is 3.81. The number of rotatable bonds is 3. The van der Waals surface area contributed by atoms with Crippen LogP contribution in [-0.2, 0) is 0 Å². The minimum atomic E-state index is 0.0264. The molecule has 0 aliphatic heterocycles. The van der Waals surface area contributed by atoms with Crippen molar-refractivity contribution in [2.24, 2.45) is 5.73 Å². The average molecular weight is 252 g/mol. The summed E-state index contributed by atoms with van der Waals surface area (Å²) in [5, 5.41) is 9.88. The summed E-state index contributed by atoms with van der Waals surface area (Å²) in [6, 6.07) is 3.95. The van der Waals surface area contributed by atoms with Crippen molar-refractivity contribution in [3.05, 3.63) is 28.9 Å². The van der Waals surface area contributed by atoms with Crippen LogP contribution in [-0.4, -0.2) is 15.2 Å². The van der Waals surface area contributed by atoms with Gasteiger partial charge in [-0.3, -0.25) is 0 Å². The minimum Gasteiger partial charge on any atom is -0.324 e. The SMILES string of the molecule is Cc1nnc(Sc2cc([C@@H](C)N)ccn2)s1. The molecule has 0 unspecified atom stereocenters. The summed E-state index contributed by atoms with van der Waals surface area (Å²) >= 11 is 3.08. The van der Waals surface area contributed by atoms with Crippen molar-refractivity contribution in [2.75, 3.05) is 0 Å². The van der Waals surface area contributed by atoms with Crippen LogP contribution in [0.25, 0.3) is 0 Å². The number of aryl methyl sites for hydroxylation is 1. The van der Waals surface area contributed by atoms with Gasteiger partial charge in [0.2, 0.25) is 0 Å². The van der Waals surface area contributed by atoms with Crippen LogP contribution in [0.2, 0.25) is 0 Å². The highest BCUT2D eigenvalue weighted by molar-refractivity contribution is 8.01. The van der Waals surface area contributed by atoms with Crippen molar-refractivity contribution in [2.45, 2.75) is 29.3 Å². The van der Waals surface area contributed by atoms with Crippen molar-refractivity contribution in [1.82, 2.24) is 15.2 Å². The highest BCUT2D eigenvalue weighted by atomic mass is 32.2. The van der Waals surface area contributed by atoms with Crippen molar-refractivity contribution in [3.8, 4) is 0 Å². The van der Waals surface area contributed by atoms with E-state index in [2.05, 4.69) is 15.2 Å². The fourth-order valence-electron chi connectivity index (χ4n) is 1.17. The molecular weight excluding hydrogens is 240 g/mol. The van der Waals surface area contributed by atoms with E-state index >= 15 is 0 Å². The molecule has 0 fully saturated rings. The molecule has 0 saturated heterocycles. The molecule has 2 rings (SSSR count). The lowest BCUT2D eigenvalue weighted by molar-refractivity contribution is 0.808. The molecule has 0 spiro atoms. The number of hydrogen-bond donors (Lipinski definition) is 1. The molecule has 0 aliphatic rings. The topological polar surface area (TPSA) is 64.7 Å². The van der Waals surface area contributed by atoms with Crippen LogP contribution < -0.4 is 5.73 Å². The van der Waals surface area contributed by atoms with Gasteiger partial charge in [0, 0.05) is 12.2 Å². The monoisotopic (exact) mass is 252 g/mol. The zero-order valence-corrected chi connectivity index (χ0v) is 10.7. The van der Waals surface area contributed by atoms with Crippen LogP contribution in [0.15, 0.2) is 27.7 Å². The highest BCUT2D eigenvalue weighted by Gasteiger charge is 2.06. The van der Waals surface area contributed by atoms with Gasteiger partial charge in [0.05, 0.1) is 0 Å². The van der Waals surface area contributed by atoms with Crippen LogP contribution in [0, 0.1) is 6.92 Å². The molecule has 2 aromatic heterocycles. The Hall–Kier alpha value is -0.980. The second-order valence-corrected chi connectivity index (χ2v) is 5.85. The van der Waals surface area contributed by atoms with E-state index in [1.54, 1.807) is 17.5 Å². The molecular formula is C10H12N4S2. The number of hydrogen-bond acceptors (Lipinski definition) is 6. The molecule has 2 aromatic rings. The highest BCUT2D eigenvalue weighted by Crippen LogP contribution is 2.29. The first-order chi connectivity index (χ1) is 7.65. The maximum Gasteiger partial charge on any atom is 0.180 e. The standard InChI is InChI=1S/C10H12N4S2/c1-6(11)8-3-4-12-9(5-8)16-10-14-13-7(2)15-10/h3-6H,11H2,1-2H3/t6-/m1/s1. The normalized spacial score (nSPS) is 12.7. The van der Waals surface area contributed by atoms with Gasteiger partial charge >= 0.3 is 0 Å². The van der Waals surface area contributed by atoms with Crippen molar-refractivity contribution >= 4 is 23.1 Å². The molecule has 84 valence electrons. The zero-order valence-electron chi connectivity index (χ0n) is 9.04. The largest absolute Gasteiger partial charge is 0.324 e. The Balaban J connectivity index is 2.18. The van der Waals surface area contributed by atoms with Gasteiger partial charge in [-0.05, 0) is 43.3 Å². The van der Waals surface area contributed by atoms with Gasteiger partial charge in [-0.1, -0.05) is 11.3 Å². The molecule has 0 bridgehead atoms. The third kappa shape index (κ3) is 2.78. The Morgan fingerprint density at radius 2 is 2.25 bits per heavy atom. The van der Waals surface area contributed by atoms with Gasteiger partial charge in [0.25, 0.3) is 0 Å². The number of pyridine rings is 1. The molecule has 4 nitrogen and oxygen atoms in total. The van der Waals surface area contributed by atoms with Crippen molar-refractivity contribution in [1.29, 1.82) is 0 Å². The Kier molecular flexibility index (Phi) is 3.52. The van der Waals surface area contributed by atoms with Gasteiger partial charge in [-0.2, -0.15) is 0 Å². The third-order valence-electron chi connectivity index (χ3n) is 1.98. The summed E-state index contributed by atoms with van der Waals surface area (Å²) in [7, 11) is 0. The van der Waals surface area contributed by atoms with Gasteiger partial charge in [-0.15, -0.1) is 10.2 Å². The second kappa shape index (κ2) is 4.90. The van der Waals surface area contributed by atoms with E-state index in [1.165, 1.54) is 11.8 Å². The quantitative estimate of drug-likeness (QED) is 0.908. The summed E-state index contributed by atoms with van der Waals surface area (Å²) in [4.78, 5) is 4.27. The molecule has 6 heteroatoms. The molecule has 2 N–H and O–H groups in total. The maximum atomic E-state index is 5.82. The van der Waals surface area contributed by atoms with E-state index in [0.717, 1.165) is 19.9 Å². The summed E-state index contributed by atoms with van der Waals surface area (Å²) in [5.74, 6) is 0. The first kappa shape index (κ1) is 11.5. The lowest BCUT2D eigenvalue weighted by Crippen LogP contribution is -2.04. The molecule has 2 heterocycles. The smallest absolute Gasteiger partial charge is 0.180 e. The Morgan fingerprint density at radius 3 is 2.88 bits per heavy atom. The fraction of sp³-hybridized carbons (Fsp3) is 0.300. The van der Waals surface area contributed by atoms with Gasteiger partial charge in [-0.25, -0.2) is 4.98 Å². The minimum absolute atomic E-state index is 0.0264. The van der Waals surface area contributed by atoms with Gasteiger partial charge < -0.3 is 5.73 Å². The van der Waals surface area contributed by atoms with E-state index in [-0.39, 0.29) is 6.04 Å². The van der Waals surface area contributed by atoms with E-state index in [0.29, 0.717) is 0 Å². The molecule has 16 heavy (non-hydrogen) atoms. The number of aromatic nitrogens is 3. The summed E-state index contributed by atoms with van der Waals surface area (Å²) in [6.07, 6.45) is 1.77. The fourth-order valence-corrected chi connectivity index (χ4v) is 2.94. The lowest BCUT2D eigenvalue weighted by Gasteiger charge is -2.05. The summed E-state index contributed by atoms with van der Waals surface area (Å²) in [5.41, 5.74) is 6.90. The zero-order chi connectivity index (χ0) is 11.5. The van der Waals surface area contributed by atoms with Gasteiger partial charge in [0.15, 0.2) is 4.34 Å². The van der Waals surface area contributed by atoms with E-state index < -0.39 is 0 Å². The summed E-state index contributed by atoms with van der Waals surface area (Å²) < 4.78 is 0.909. The van der Waals surface area contributed by atoms with Crippen molar-refractivity contribution in [3.63, 3.8) is 0 Å². The van der Waals surface area contributed by atoms with Crippen LogP contribution in [0.1, 0.15) is 23.5 Å². The first-order valence-corrected chi connectivity index (χ1v) is 6.48. The van der Waals surface area contributed by atoms with E-state index in [1.807, 2.05) is 26.0 Å². The van der Waals surface area contributed by atoms with Crippen LogP contribution >= 0.6 is 23.1 Å². The Bertz CT molecular complexity index is 481. The first-order valence-electron chi connectivity index (χ1n) is 4.84. The van der Waals surface area contributed by atoms with Crippen LogP contribution in [0.4, 0.5) is 0 Å². The predicted octanol–water partition coefficient (Wildman–Crippen LogP) is 2.41. The Morgan fingerprint density at radius 1 is 1.44 bits per heavy atom. The second-order valence-electron chi connectivity index (χ2n) is 3.41. The number of nitrogens with two attached hydrogens (primary N) is 1. The predicted molar refractivity (Wildman–Crippen MR) is 65.6 cm³/mol. The van der Waals surface area contributed by atoms with E-state index in [9.17, 15) is 0 Å².